The smallest absolute Gasteiger partial charge is 0.270 e. The molecule has 32 heavy (non-hydrogen) atoms. The van der Waals surface area contributed by atoms with Gasteiger partial charge in [-0.25, -0.2) is 0 Å². The summed E-state index contributed by atoms with van der Waals surface area (Å²) in [6, 6.07) is 5.87. The van der Waals surface area contributed by atoms with Crippen molar-refractivity contribution in [3.63, 3.8) is 0 Å². The molecule has 1 aliphatic rings. The number of ether oxygens (including phenoxy) is 3. The van der Waals surface area contributed by atoms with E-state index in [1.807, 2.05) is 45.9 Å². The van der Waals surface area contributed by atoms with Crippen LogP contribution in [-0.4, -0.2) is 29.5 Å². The number of nitrogens with zero attached hydrogens (tertiary/aromatic N) is 2. The third-order valence-electron chi connectivity index (χ3n) is 6.53. The van der Waals surface area contributed by atoms with Crippen LogP contribution in [0.15, 0.2) is 22.7 Å². The first-order valence-corrected chi connectivity index (χ1v) is 10.8. The number of aromatic nitrogens is 2. The Morgan fingerprint density at radius 3 is 2.50 bits per heavy atom. The first-order chi connectivity index (χ1) is 15.3. The lowest BCUT2D eigenvalue weighted by molar-refractivity contribution is 0.0280. The Hall–Kier alpha value is -3.22. The van der Waals surface area contributed by atoms with Crippen molar-refractivity contribution in [1.82, 2.24) is 10.1 Å². The number of methoxy groups -OCH3 is 2. The summed E-state index contributed by atoms with van der Waals surface area (Å²) in [5.74, 6) is 3.69. The van der Waals surface area contributed by atoms with Crippen molar-refractivity contribution in [2.24, 2.45) is 0 Å². The molecule has 4 rings (SSSR count). The molecule has 0 spiro atoms. The van der Waals surface area contributed by atoms with E-state index in [0.29, 0.717) is 41.8 Å². The number of phenols is 1. The van der Waals surface area contributed by atoms with Crippen LogP contribution in [0.3, 0.4) is 0 Å². The molecule has 1 atom stereocenters. The Labute approximate surface area is 188 Å². The molecule has 1 aliphatic heterocycles. The van der Waals surface area contributed by atoms with Gasteiger partial charge in [-0.15, -0.1) is 0 Å². The highest BCUT2D eigenvalue weighted by Crippen LogP contribution is 2.45. The van der Waals surface area contributed by atoms with E-state index in [1.54, 1.807) is 14.2 Å². The SMILES string of the molecule is COc1ccc(CCc2noc(C3(C)CCc4c(C)c(O)c(C)c(C)c4O3)n2)cc1OC. The second-order valence-corrected chi connectivity index (χ2v) is 8.57. The van der Waals surface area contributed by atoms with Gasteiger partial charge in [-0.1, -0.05) is 11.2 Å². The zero-order chi connectivity index (χ0) is 23.0. The number of hydrogen-bond acceptors (Lipinski definition) is 7. The minimum Gasteiger partial charge on any atom is -0.507 e. The van der Waals surface area contributed by atoms with Gasteiger partial charge in [-0.05, 0) is 74.9 Å². The summed E-state index contributed by atoms with van der Waals surface area (Å²) < 4.78 is 22.8. The highest BCUT2D eigenvalue weighted by atomic mass is 16.5. The van der Waals surface area contributed by atoms with Crippen molar-refractivity contribution in [2.75, 3.05) is 14.2 Å². The van der Waals surface area contributed by atoms with Crippen molar-refractivity contribution in [2.45, 2.75) is 59.0 Å². The summed E-state index contributed by atoms with van der Waals surface area (Å²) in [4.78, 5) is 4.65. The molecular formula is C25H30N2O5. The molecule has 0 radical (unpaired) electrons. The first kappa shape index (κ1) is 22.0. The van der Waals surface area contributed by atoms with Crippen molar-refractivity contribution in [3.8, 4) is 23.0 Å². The second kappa shape index (κ2) is 8.37. The minimum absolute atomic E-state index is 0.351. The van der Waals surface area contributed by atoms with Crippen LogP contribution in [0.4, 0.5) is 0 Å². The Balaban J connectivity index is 1.52. The normalized spacial score (nSPS) is 17.6. The molecule has 0 saturated heterocycles. The summed E-state index contributed by atoms with van der Waals surface area (Å²) in [7, 11) is 3.25. The molecule has 1 N–H and O–H groups in total. The van der Waals surface area contributed by atoms with Crippen LogP contribution in [0.1, 0.15) is 52.9 Å². The fraction of sp³-hybridized carbons (Fsp3) is 0.440. The molecule has 2 heterocycles. The number of benzene rings is 2. The second-order valence-electron chi connectivity index (χ2n) is 8.57. The molecule has 0 amide bonds. The van der Waals surface area contributed by atoms with Crippen LogP contribution in [0.2, 0.25) is 0 Å². The molecule has 2 aromatic carbocycles. The van der Waals surface area contributed by atoms with Crippen molar-refractivity contribution < 1.29 is 23.8 Å². The van der Waals surface area contributed by atoms with Gasteiger partial charge in [-0.2, -0.15) is 4.98 Å². The number of rotatable bonds is 6. The lowest BCUT2D eigenvalue weighted by Gasteiger charge is -2.35. The van der Waals surface area contributed by atoms with Gasteiger partial charge < -0.3 is 23.8 Å². The molecule has 0 fully saturated rings. The van der Waals surface area contributed by atoms with E-state index in [-0.39, 0.29) is 0 Å². The first-order valence-electron chi connectivity index (χ1n) is 10.8. The zero-order valence-electron chi connectivity index (χ0n) is 19.5. The zero-order valence-corrected chi connectivity index (χ0v) is 19.5. The molecule has 0 bridgehead atoms. The standard InChI is InChI=1S/C25H30N2O5/c1-14-15(2)23-18(16(3)22(14)28)11-12-25(4,31-23)24-26-21(27-32-24)10-8-17-7-9-19(29-5)20(13-17)30-6/h7,9,13,28H,8,10-12H2,1-6H3. The number of aromatic hydroxyl groups is 1. The molecule has 7 nitrogen and oxygen atoms in total. The highest BCUT2D eigenvalue weighted by Gasteiger charge is 2.40. The van der Waals surface area contributed by atoms with Crippen LogP contribution < -0.4 is 14.2 Å². The molecule has 7 heteroatoms. The van der Waals surface area contributed by atoms with E-state index in [0.717, 1.165) is 46.4 Å². The van der Waals surface area contributed by atoms with Gasteiger partial charge in [0, 0.05) is 18.4 Å². The van der Waals surface area contributed by atoms with Gasteiger partial charge >= 0.3 is 0 Å². The highest BCUT2D eigenvalue weighted by molar-refractivity contribution is 5.58. The predicted molar refractivity (Wildman–Crippen MR) is 120 cm³/mol. The molecule has 1 aromatic heterocycles. The van der Waals surface area contributed by atoms with Crippen LogP contribution >= 0.6 is 0 Å². The largest absolute Gasteiger partial charge is 0.507 e. The molecule has 3 aromatic rings. The fourth-order valence-electron chi connectivity index (χ4n) is 4.26. The number of phenolic OH excluding ortho intramolecular Hbond substituents is 1. The van der Waals surface area contributed by atoms with Crippen molar-refractivity contribution >= 4 is 0 Å². The maximum atomic E-state index is 10.4. The van der Waals surface area contributed by atoms with Gasteiger partial charge in [-0.3, -0.25) is 0 Å². The van der Waals surface area contributed by atoms with Gasteiger partial charge in [0.25, 0.3) is 5.89 Å². The lowest BCUT2D eigenvalue weighted by atomic mass is 9.87. The van der Waals surface area contributed by atoms with E-state index in [4.69, 9.17) is 18.7 Å². The van der Waals surface area contributed by atoms with Crippen LogP contribution in [-0.2, 0) is 24.9 Å². The van der Waals surface area contributed by atoms with E-state index in [9.17, 15) is 5.11 Å². The van der Waals surface area contributed by atoms with Crippen LogP contribution in [0.5, 0.6) is 23.0 Å². The number of aryl methyl sites for hydroxylation is 2. The van der Waals surface area contributed by atoms with Crippen molar-refractivity contribution in [1.29, 1.82) is 0 Å². The summed E-state index contributed by atoms with van der Waals surface area (Å²) >= 11 is 0. The summed E-state index contributed by atoms with van der Waals surface area (Å²) in [5, 5.41) is 14.6. The number of hydrogen-bond donors (Lipinski definition) is 1. The van der Waals surface area contributed by atoms with Gasteiger partial charge in [0.2, 0.25) is 0 Å². The van der Waals surface area contributed by atoms with E-state index < -0.39 is 5.60 Å². The lowest BCUT2D eigenvalue weighted by Crippen LogP contribution is -2.35. The molecule has 1 unspecified atom stereocenters. The third kappa shape index (κ3) is 3.76. The predicted octanol–water partition coefficient (Wildman–Crippen LogP) is 4.74. The molecule has 0 saturated carbocycles. The summed E-state index contributed by atoms with van der Waals surface area (Å²) in [5.41, 5.74) is 4.11. The Bertz CT molecular complexity index is 1150. The Morgan fingerprint density at radius 2 is 1.78 bits per heavy atom. The minimum atomic E-state index is -0.706. The average Bonchev–Trinajstić information content (AvgIpc) is 3.30. The van der Waals surface area contributed by atoms with Gasteiger partial charge in [0.15, 0.2) is 22.9 Å². The van der Waals surface area contributed by atoms with Gasteiger partial charge in [0.05, 0.1) is 14.2 Å². The monoisotopic (exact) mass is 438 g/mol. The van der Waals surface area contributed by atoms with Crippen LogP contribution in [0.25, 0.3) is 0 Å². The summed E-state index contributed by atoms with van der Waals surface area (Å²) in [6.45, 7) is 7.80. The van der Waals surface area contributed by atoms with E-state index >= 15 is 0 Å². The summed E-state index contributed by atoms with van der Waals surface area (Å²) in [6.07, 6.45) is 2.85. The van der Waals surface area contributed by atoms with Gasteiger partial charge in [0.1, 0.15) is 11.5 Å². The maximum Gasteiger partial charge on any atom is 0.270 e. The topological polar surface area (TPSA) is 86.8 Å². The fourth-order valence-corrected chi connectivity index (χ4v) is 4.26. The van der Waals surface area contributed by atoms with Crippen LogP contribution in [0, 0.1) is 20.8 Å². The average molecular weight is 439 g/mol. The number of fused-ring (bicyclic) bond motifs is 1. The van der Waals surface area contributed by atoms with Crippen molar-refractivity contribution in [3.05, 3.63) is 57.7 Å². The Kier molecular flexibility index (Phi) is 5.75. The molecule has 0 aliphatic carbocycles. The maximum absolute atomic E-state index is 10.4. The third-order valence-corrected chi connectivity index (χ3v) is 6.53. The quantitative estimate of drug-likeness (QED) is 0.595. The molecule has 170 valence electrons. The van der Waals surface area contributed by atoms with E-state index in [2.05, 4.69) is 10.1 Å². The molecular weight excluding hydrogens is 408 g/mol. The Morgan fingerprint density at radius 1 is 1.03 bits per heavy atom. The van der Waals surface area contributed by atoms with E-state index in [1.165, 1.54) is 0 Å².